The largest absolute Gasteiger partial charge is 0.399 e. The van der Waals surface area contributed by atoms with E-state index in [1.165, 1.54) is 28.0 Å². The van der Waals surface area contributed by atoms with Gasteiger partial charge in [-0.25, -0.2) is 4.39 Å². The van der Waals surface area contributed by atoms with Crippen LogP contribution in [0.2, 0.25) is 0 Å². The van der Waals surface area contributed by atoms with Crippen LogP contribution in [0, 0.1) is 12.7 Å². The number of halogens is 1. The Morgan fingerprint density at radius 2 is 2.15 bits per heavy atom. The number of rotatable bonds is 4. The van der Waals surface area contributed by atoms with Gasteiger partial charge in [-0.05, 0) is 44.2 Å². The SMILES string of the molecule is Cc1ccc(CC(C)NC(=O)c2cc(N)ccc2F)s1. The molecule has 20 heavy (non-hydrogen) atoms. The van der Waals surface area contributed by atoms with Crippen LogP contribution >= 0.6 is 11.3 Å². The van der Waals surface area contributed by atoms with E-state index in [0.717, 1.165) is 6.42 Å². The molecular weight excluding hydrogens is 275 g/mol. The fourth-order valence-electron chi connectivity index (χ4n) is 1.97. The molecule has 5 heteroatoms. The Balaban J connectivity index is 2.02. The van der Waals surface area contributed by atoms with E-state index in [0.29, 0.717) is 5.69 Å². The number of carbonyl (C=O) groups is 1. The maximum atomic E-state index is 13.6. The van der Waals surface area contributed by atoms with Gasteiger partial charge in [-0.2, -0.15) is 0 Å². The molecule has 3 N–H and O–H groups in total. The van der Waals surface area contributed by atoms with E-state index in [1.54, 1.807) is 11.3 Å². The fourth-order valence-corrected chi connectivity index (χ4v) is 2.99. The lowest BCUT2D eigenvalue weighted by Gasteiger charge is -2.13. The first-order chi connectivity index (χ1) is 9.45. The van der Waals surface area contributed by atoms with Crippen molar-refractivity contribution in [2.45, 2.75) is 26.3 Å². The standard InChI is InChI=1S/C15H17FN2OS/c1-9(7-12-5-3-10(2)20-12)18-15(19)13-8-11(17)4-6-14(13)16/h3-6,8-9H,7,17H2,1-2H3,(H,18,19). The lowest BCUT2D eigenvalue weighted by Crippen LogP contribution is -2.34. The number of nitrogen functional groups attached to an aromatic ring is 1. The molecular formula is C15H17FN2OS. The highest BCUT2D eigenvalue weighted by Crippen LogP contribution is 2.17. The van der Waals surface area contributed by atoms with Gasteiger partial charge in [0.05, 0.1) is 5.56 Å². The number of hydrogen-bond acceptors (Lipinski definition) is 3. The van der Waals surface area contributed by atoms with Crippen molar-refractivity contribution in [3.05, 3.63) is 51.5 Å². The van der Waals surface area contributed by atoms with Gasteiger partial charge >= 0.3 is 0 Å². The molecule has 106 valence electrons. The van der Waals surface area contributed by atoms with Crippen LogP contribution in [0.3, 0.4) is 0 Å². The van der Waals surface area contributed by atoms with Crippen LogP contribution in [-0.2, 0) is 6.42 Å². The van der Waals surface area contributed by atoms with E-state index in [9.17, 15) is 9.18 Å². The third kappa shape index (κ3) is 3.57. The van der Waals surface area contributed by atoms with Crippen molar-refractivity contribution in [1.82, 2.24) is 5.32 Å². The molecule has 1 amide bonds. The van der Waals surface area contributed by atoms with Gasteiger partial charge in [-0.15, -0.1) is 11.3 Å². The fraction of sp³-hybridized carbons (Fsp3) is 0.267. The van der Waals surface area contributed by atoms with Gasteiger partial charge in [-0.1, -0.05) is 0 Å². The van der Waals surface area contributed by atoms with E-state index in [-0.39, 0.29) is 11.6 Å². The van der Waals surface area contributed by atoms with Crippen LogP contribution in [0.25, 0.3) is 0 Å². The molecule has 0 bridgehead atoms. The lowest BCUT2D eigenvalue weighted by atomic mass is 10.1. The molecule has 2 rings (SSSR count). The number of anilines is 1. The molecule has 0 aliphatic carbocycles. The molecule has 3 nitrogen and oxygen atoms in total. The van der Waals surface area contributed by atoms with Gasteiger partial charge in [0, 0.05) is 27.9 Å². The van der Waals surface area contributed by atoms with Gasteiger partial charge in [0.2, 0.25) is 0 Å². The summed E-state index contributed by atoms with van der Waals surface area (Å²) < 4.78 is 13.6. The zero-order valence-electron chi connectivity index (χ0n) is 11.4. The number of thiophene rings is 1. The summed E-state index contributed by atoms with van der Waals surface area (Å²) in [7, 11) is 0. The smallest absolute Gasteiger partial charge is 0.254 e. The molecule has 0 aliphatic heterocycles. The minimum Gasteiger partial charge on any atom is -0.399 e. The van der Waals surface area contributed by atoms with Crippen molar-refractivity contribution in [3.63, 3.8) is 0 Å². The first-order valence-corrected chi connectivity index (χ1v) is 7.18. The van der Waals surface area contributed by atoms with Gasteiger partial charge < -0.3 is 11.1 Å². The van der Waals surface area contributed by atoms with E-state index in [4.69, 9.17) is 5.73 Å². The number of nitrogens with two attached hydrogens (primary N) is 1. The highest BCUT2D eigenvalue weighted by molar-refractivity contribution is 7.11. The molecule has 1 unspecified atom stereocenters. The highest BCUT2D eigenvalue weighted by Gasteiger charge is 2.15. The van der Waals surface area contributed by atoms with E-state index >= 15 is 0 Å². The Bertz CT molecular complexity index is 624. The molecule has 0 aliphatic rings. The molecule has 1 atom stereocenters. The van der Waals surface area contributed by atoms with Crippen molar-refractivity contribution in [1.29, 1.82) is 0 Å². The topological polar surface area (TPSA) is 55.1 Å². The maximum absolute atomic E-state index is 13.6. The summed E-state index contributed by atoms with van der Waals surface area (Å²) in [6.07, 6.45) is 0.730. The normalized spacial score (nSPS) is 12.2. The number of nitrogens with one attached hydrogen (secondary N) is 1. The van der Waals surface area contributed by atoms with Crippen LogP contribution < -0.4 is 11.1 Å². The monoisotopic (exact) mass is 292 g/mol. The predicted octanol–water partition coefficient (Wildman–Crippen LogP) is 3.14. The summed E-state index contributed by atoms with van der Waals surface area (Å²) in [5.74, 6) is -0.994. The summed E-state index contributed by atoms with van der Waals surface area (Å²) in [6.45, 7) is 3.94. The van der Waals surface area contributed by atoms with E-state index < -0.39 is 11.7 Å². The Hall–Kier alpha value is -1.88. The third-order valence-electron chi connectivity index (χ3n) is 2.92. The zero-order valence-corrected chi connectivity index (χ0v) is 12.3. The molecule has 2 aromatic rings. The summed E-state index contributed by atoms with van der Waals surface area (Å²) in [5.41, 5.74) is 5.94. The first kappa shape index (κ1) is 14.5. The second-order valence-electron chi connectivity index (χ2n) is 4.83. The second kappa shape index (κ2) is 6.05. The van der Waals surface area contributed by atoms with E-state index in [1.807, 2.05) is 26.0 Å². The number of carbonyl (C=O) groups excluding carboxylic acids is 1. The lowest BCUT2D eigenvalue weighted by molar-refractivity contribution is 0.0936. The van der Waals surface area contributed by atoms with Gasteiger partial charge in [-0.3, -0.25) is 4.79 Å². The minimum absolute atomic E-state index is 0.0146. The van der Waals surface area contributed by atoms with Crippen molar-refractivity contribution in [2.75, 3.05) is 5.73 Å². The Kier molecular flexibility index (Phi) is 4.39. The maximum Gasteiger partial charge on any atom is 0.254 e. The predicted molar refractivity (Wildman–Crippen MR) is 80.5 cm³/mol. The molecule has 0 saturated heterocycles. The number of hydrogen-bond donors (Lipinski definition) is 2. The second-order valence-corrected chi connectivity index (χ2v) is 6.20. The highest BCUT2D eigenvalue weighted by atomic mass is 32.1. The number of amides is 1. The Morgan fingerprint density at radius 1 is 1.40 bits per heavy atom. The molecule has 1 aromatic carbocycles. The van der Waals surface area contributed by atoms with Gasteiger partial charge in [0.25, 0.3) is 5.91 Å². The third-order valence-corrected chi connectivity index (χ3v) is 3.94. The van der Waals surface area contributed by atoms with Crippen LogP contribution in [0.1, 0.15) is 27.0 Å². The molecule has 1 aromatic heterocycles. The molecule has 0 spiro atoms. The average Bonchev–Trinajstić information content (AvgIpc) is 2.77. The molecule has 0 saturated carbocycles. The van der Waals surface area contributed by atoms with Crippen LogP contribution in [-0.4, -0.2) is 11.9 Å². The van der Waals surface area contributed by atoms with Crippen molar-refractivity contribution >= 4 is 22.9 Å². The molecule has 0 fully saturated rings. The summed E-state index contributed by atoms with van der Waals surface area (Å²) >= 11 is 1.70. The number of aryl methyl sites for hydroxylation is 1. The first-order valence-electron chi connectivity index (χ1n) is 6.37. The zero-order chi connectivity index (χ0) is 14.7. The van der Waals surface area contributed by atoms with Crippen molar-refractivity contribution in [3.8, 4) is 0 Å². The number of benzene rings is 1. The quantitative estimate of drug-likeness (QED) is 0.851. The van der Waals surface area contributed by atoms with E-state index in [2.05, 4.69) is 5.32 Å². The molecule has 0 radical (unpaired) electrons. The van der Waals surface area contributed by atoms with Crippen LogP contribution in [0.4, 0.5) is 10.1 Å². The van der Waals surface area contributed by atoms with Crippen LogP contribution in [0.15, 0.2) is 30.3 Å². The summed E-state index contributed by atoms with van der Waals surface area (Å²) in [5, 5.41) is 2.79. The Labute approximate surface area is 121 Å². The Morgan fingerprint density at radius 3 is 2.80 bits per heavy atom. The summed E-state index contributed by atoms with van der Waals surface area (Å²) in [6, 6.07) is 8.02. The molecule has 1 heterocycles. The van der Waals surface area contributed by atoms with Gasteiger partial charge in [0.1, 0.15) is 5.82 Å². The average molecular weight is 292 g/mol. The van der Waals surface area contributed by atoms with Crippen molar-refractivity contribution in [2.24, 2.45) is 0 Å². The summed E-state index contributed by atoms with van der Waals surface area (Å²) in [4.78, 5) is 14.5. The van der Waals surface area contributed by atoms with Crippen LogP contribution in [0.5, 0.6) is 0 Å². The van der Waals surface area contributed by atoms with Crippen molar-refractivity contribution < 1.29 is 9.18 Å². The minimum atomic E-state index is -0.559. The van der Waals surface area contributed by atoms with Gasteiger partial charge in [0.15, 0.2) is 0 Å².